The second-order valence-electron chi connectivity index (χ2n) is 8.76. The quantitative estimate of drug-likeness (QED) is 0.460. The van der Waals surface area contributed by atoms with E-state index in [4.69, 9.17) is 11.6 Å². The number of aryl methyl sites for hydroxylation is 1. The minimum absolute atomic E-state index is 0.0591. The van der Waals surface area contributed by atoms with Gasteiger partial charge in [0.25, 0.3) is 5.69 Å². The topological polar surface area (TPSA) is 110 Å². The van der Waals surface area contributed by atoms with Gasteiger partial charge in [-0.1, -0.05) is 29.8 Å². The standard InChI is InChI=1S/C23H26ClN3O5S/c1-15-2-9-20(27(29)30)14-21(15)33(31,32)26-12-10-18(11-13-26)23(28)25-22(16-3-4-16)17-5-7-19(24)8-6-17/h2,5-9,14,16,18,22H,3-4,10-13H2,1H3,(H,25,28)/t22-/m0/s1. The molecule has 2 fully saturated rings. The zero-order valence-electron chi connectivity index (χ0n) is 18.2. The number of nitro benzene ring substituents is 1. The first kappa shape index (κ1) is 23.7. The van der Waals surface area contributed by atoms with Crippen LogP contribution in [0.5, 0.6) is 0 Å². The summed E-state index contributed by atoms with van der Waals surface area (Å²) in [6.07, 6.45) is 2.92. The molecular formula is C23H26ClN3O5S. The molecule has 2 aliphatic rings. The minimum atomic E-state index is -3.89. The molecule has 0 aromatic heterocycles. The molecule has 2 aromatic carbocycles. The van der Waals surface area contributed by atoms with Gasteiger partial charge in [-0.25, -0.2) is 8.42 Å². The van der Waals surface area contributed by atoms with Crippen molar-refractivity contribution in [2.75, 3.05) is 13.1 Å². The molecule has 1 amide bonds. The van der Waals surface area contributed by atoms with Crippen LogP contribution in [0.1, 0.15) is 42.9 Å². The molecule has 10 heteroatoms. The number of non-ortho nitro benzene ring substituents is 1. The van der Waals surface area contributed by atoms with Gasteiger partial charge in [-0.15, -0.1) is 0 Å². The summed E-state index contributed by atoms with van der Waals surface area (Å²) in [7, 11) is -3.89. The van der Waals surface area contributed by atoms with Crippen LogP contribution in [0.4, 0.5) is 5.69 Å². The number of carbonyl (C=O) groups excluding carboxylic acids is 1. The molecule has 1 aliphatic heterocycles. The first-order chi connectivity index (χ1) is 15.7. The van der Waals surface area contributed by atoms with E-state index in [1.807, 2.05) is 24.3 Å². The van der Waals surface area contributed by atoms with Crippen LogP contribution < -0.4 is 5.32 Å². The Bertz CT molecular complexity index is 1160. The van der Waals surface area contributed by atoms with Gasteiger partial charge in [0.05, 0.1) is 15.9 Å². The van der Waals surface area contributed by atoms with E-state index in [1.54, 1.807) is 6.92 Å². The SMILES string of the molecule is Cc1ccc([N+](=O)[O-])cc1S(=O)(=O)N1CCC(C(=O)N[C@H](c2ccc(Cl)cc2)C2CC2)CC1. The lowest BCUT2D eigenvalue weighted by Gasteiger charge is -2.32. The van der Waals surface area contributed by atoms with Crippen molar-refractivity contribution in [3.8, 4) is 0 Å². The maximum absolute atomic E-state index is 13.1. The number of sulfonamides is 1. The molecule has 0 radical (unpaired) electrons. The summed E-state index contributed by atoms with van der Waals surface area (Å²) in [6.45, 7) is 2.00. The smallest absolute Gasteiger partial charge is 0.270 e. The highest BCUT2D eigenvalue weighted by Crippen LogP contribution is 2.41. The first-order valence-corrected chi connectivity index (χ1v) is 12.8. The summed E-state index contributed by atoms with van der Waals surface area (Å²) in [4.78, 5) is 23.4. The van der Waals surface area contributed by atoms with E-state index in [2.05, 4.69) is 5.32 Å². The average Bonchev–Trinajstić information content (AvgIpc) is 3.63. The molecule has 0 unspecified atom stereocenters. The van der Waals surface area contributed by atoms with Crippen molar-refractivity contribution >= 4 is 33.2 Å². The summed E-state index contributed by atoms with van der Waals surface area (Å²) in [6, 6.07) is 11.3. The number of amides is 1. The first-order valence-electron chi connectivity index (χ1n) is 11.0. The molecule has 4 rings (SSSR count). The summed E-state index contributed by atoms with van der Waals surface area (Å²) >= 11 is 5.99. The summed E-state index contributed by atoms with van der Waals surface area (Å²) in [5, 5.41) is 14.9. The number of hydrogen-bond donors (Lipinski definition) is 1. The van der Waals surface area contributed by atoms with Gasteiger partial charge < -0.3 is 5.32 Å². The third-order valence-corrected chi connectivity index (χ3v) is 8.74. The molecule has 33 heavy (non-hydrogen) atoms. The van der Waals surface area contributed by atoms with E-state index < -0.39 is 14.9 Å². The summed E-state index contributed by atoms with van der Waals surface area (Å²) < 4.78 is 27.6. The van der Waals surface area contributed by atoms with Gasteiger partial charge in [0.15, 0.2) is 0 Å². The molecule has 1 heterocycles. The molecule has 1 aliphatic carbocycles. The molecule has 8 nitrogen and oxygen atoms in total. The van der Waals surface area contributed by atoms with Crippen molar-refractivity contribution in [1.29, 1.82) is 0 Å². The summed E-state index contributed by atoms with van der Waals surface area (Å²) in [5.74, 6) is 0.0640. The molecule has 1 N–H and O–H groups in total. The predicted octanol–water partition coefficient (Wildman–Crippen LogP) is 4.22. The van der Waals surface area contributed by atoms with Gasteiger partial charge in [0, 0.05) is 36.2 Å². The van der Waals surface area contributed by atoms with E-state index in [1.165, 1.54) is 16.4 Å². The number of nitro groups is 1. The van der Waals surface area contributed by atoms with Crippen LogP contribution in [0.15, 0.2) is 47.4 Å². The van der Waals surface area contributed by atoms with Gasteiger partial charge in [0.1, 0.15) is 0 Å². The normalized spacial score (nSPS) is 18.6. The third-order valence-electron chi connectivity index (χ3n) is 6.45. The maximum Gasteiger partial charge on any atom is 0.270 e. The van der Waals surface area contributed by atoms with Crippen LogP contribution in [0.25, 0.3) is 0 Å². The minimum Gasteiger partial charge on any atom is -0.349 e. The van der Waals surface area contributed by atoms with Crippen LogP contribution in [0, 0.1) is 28.9 Å². The highest BCUT2D eigenvalue weighted by atomic mass is 35.5. The molecule has 176 valence electrons. The van der Waals surface area contributed by atoms with Crippen LogP contribution in [0.2, 0.25) is 5.02 Å². The van der Waals surface area contributed by atoms with Gasteiger partial charge >= 0.3 is 0 Å². The lowest BCUT2D eigenvalue weighted by atomic mass is 9.95. The number of rotatable bonds is 7. The Kier molecular flexibility index (Phi) is 6.74. The van der Waals surface area contributed by atoms with Crippen molar-refractivity contribution in [3.63, 3.8) is 0 Å². The fourth-order valence-corrected chi connectivity index (χ4v) is 6.16. The number of halogens is 1. The zero-order chi connectivity index (χ0) is 23.8. The number of piperidine rings is 1. The van der Waals surface area contributed by atoms with Gasteiger partial charge in [0.2, 0.25) is 15.9 Å². The number of nitrogens with zero attached hydrogens (tertiary/aromatic N) is 2. The van der Waals surface area contributed by atoms with Crippen LogP contribution in [0.3, 0.4) is 0 Å². The van der Waals surface area contributed by atoms with E-state index in [0.29, 0.717) is 29.3 Å². The summed E-state index contributed by atoms with van der Waals surface area (Å²) in [5.41, 5.74) is 1.22. The Morgan fingerprint density at radius 2 is 1.76 bits per heavy atom. The van der Waals surface area contributed by atoms with Gasteiger partial charge in [-0.2, -0.15) is 4.31 Å². The monoisotopic (exact) mass is 491 g/mol. The van der Waals surface area contributed by atoms with E-state index >= 15 is 0 Å². The Morgan fingerprint density at radius 1 is 1.12 bits per heavy atom. The second kappa shape index (κ2) is 9.40. The maximum atomic E-state index is 13.1. The second-order valence-corrected chi connectivity index (χ2v) is 11.1. The Hall–Kier alpha value is -2.49. The fourth-order valence-electron chi connectivity index (χ4n) is 4.32. The number of carbonyl (C=O) groups is 1. The van der Waals surface area contributed by atoms with Crippen LogP contribution in [-0.4, -0.2) is 36.6 Å². The van der Waals surface area contributed by atoms with Crippen molar-refractivity contribution < 1.29 is 18.1 Å². The zero-order valence-corrected chi connectivity index (χ0v) is 19.8. The van der Waals surface area contributed by atoms with E-state index in [9.17, 15) is 23.3 Å². The van der Waals surface area contributed by atoms with Crippen molar-refractivity contribution in [2.45, 2.75) is 43.5 Å². The average molecular weight is 492 g/mol. The Balaban J connectivity index is 1.42. The van der Waals surface area contributed by atoms with E-state index in [0.717, 1.165) is 24.5 Å². The predicted molar refractivity (Wildman–Crippen MR) is 124 cm³/mol. The van der Waals surface area contributed by atoms with Gasteiger partial charge in [-0.3, -0.25) is 14.9 Å². The fraction of sp³-hybridized carbons (Fsp3) is 0.435. The lowest BCUT2D eigenvalue weighted by Crippen LogP contribution is -2.44. The lowest BCUT2D eigenvalue weighted by molar-refractivity contribution is -0.385. The van der Waals surface area contributed by atoms with Crippen molar-refractivity contribution in [1.82, 2.24) is 9.62 Å². The number of nitrogens with one attached hydrogen (secondary N) is 1. The van der Waals surface area contributed by atoms with Gasteiger partial charge in [-0.05, 0) is 61.8 Å². The number of benzene rings is 2. The third kappa shape index (κ3) is 5.20. The van der Waals surface area contributed by atoms with Crippen molar-refractivity contribution in [3.05, 3.63) is 68.7 Å². The largest absolute Gasteiger partial charge is 0.349 e. The highest BCUT2D eigenvalue weighted by Gasteiger charge is 2.37. The molecule has 0 bridgehead atoms. The molecule has 1 saturated carbocycles. The molecule has 2 aromatic rings. The number of hydrogen-bond acceptors (Lipinski definition) is 5. The van der Waals surface area contributed by atoms with Crippen molar-refractivity contribution in [2.24, 2.45) is 11.8 Å². The van der Waals surface area contributed by atoms with Crippen LogP contribution >= 0.6 is 11.6 Å². The molecular weight excluding hydrogens is 466 g/mol. The Labute approximate surface area is 198 Å². The highest BCUT2D eigenvalue weighted by molar-refractivity contribution is 7.89. The molecule has 1 saturated heterocycles. The Morgan fingerprint density at radius 3 is 2.33 bits per heavy atom. The molecule has 1 atom stereocenters. The van der Waals surface area contributed by atoms with Crippen LogP contribution in [-0.2, 0) is 14.8 Å². The van der Waals surface area contributed by atoms with E-state index in [-0.39, 0.29) is 41.5 Å². The molecule has 0 spiro atoms.